The van der Waals surface area contributed by atoms with E-state index in [0.29, 0.717) is 0 Å². The fourth-order valence-electron chi connectivity index (χ4n) is 13.7. The van der Waals surface area contributed by atoms with E-state index in [9.17, 15) is 52.7 Å². The molecule has 5 saturated carbocycles. The van der Waals surface area contributed by atoms with E-state index < -0.39 is 157 Å². The van der Waals surface area contributed by atoms with Gasteiger partial charge in [-0.3, -0.25) is 9.59 Å². The van der Waals surface area contributed by atoms with E-state index in [1.165, 1.54) is 20.8 Å². The molecule has 3 aliphatic heterocycles. The number of carbonyl (C=O) groups is 3. The fraction of sp³-hybridized carbons (Fsp3) is 0.757. The maximum absolute atomic E-state index is 14.6. The van der Waals surface area contributed by atoms with Gasteiger partial charge in [-0.2, -0.15) is 0 Å². The van der Waals surface area contributed by atoms with Gasteiger partial charge in [0.05, 0.1) is 46.2 Å². The van der Waals surface area contributed by atoms with Crippen molar-refractivity contribution in [2.75, 3.05) is 0 Å². The molecule has 15 nitrogen and oxygen atoms in total. The number of sulfonamides is 1. The molecular weight excluding hydrogens is 733 g/mol. The molecule has 21 atom stereocenters. The molecule has 0 radical (unpaired) electrons. The topological polar surface area (TPSA) is 242 Å². The third-order valence-corrected chi connectivity index (χ3v) is 17.5. The van der Waals surface area contributed by atoms with Gasteiger partial charge in [0.1, 0.15) is 36.0 Å². The molecule has 0 bridgehead atoms. The number of fused-ring (bicyclic) bond motifs is 9. The Bertz CT molecular complexity index is 1960. The number of Topliss-reactive ketones (excluding diaryl/α,β-unsaturated/α-hetero) is 1. The number of ketones is 1. The van der Waals surface area contributed by atoms with Crippen LogP contribution in [0.4, 0.5) is 4.39 Å². The largest absolute Gasteiger partial charge is 0.459 e. The molecule has 9 rings (SSSR count). The summed E-state index contributed by atoms with van der Waals surface area (Å²) in [4.78, 5) is 40.6. The summed E-state index contributed by atoms with van der Waals surface area (Å²) in [7, 11) is -4.50. The summed E-state index contributed by atoms with van der Waals surface area (Å²) in [6.07, 6.45) is -10.1. The summed E-state index contributed by atoms with van der Waals surface area (Å²) in [5.74, 6) is -12.7. The van der Waals surface area contributed by atoms with E-state index in [0.717, 1.165) is 31.2 Å². The number of esters is 2. The van der Waals surface area contributed by atoms with Crippen molar-refractivity contribution >= 4 is 27.7 Å². The first-order chi connectivity index (χ1) is 25.1. The van der Waals surface area contributed by atoms with Crippen LogP contribution < -0.4 is 4.72 Å². The summed E-state index contributed by atoms with van der Waals surface area (Å²) < 4.78 is 68.2. The zero-order valence-corrected chi connectivity index (χ0v) is 31.3. The second-order valence-corrected chi connectivity index (χ2v) is 19.5. The summed E-state index contributed by atoms with van der Waals surface area (Å²) in [6.45, 7) is 8.50. The van der Waals surface area contributed by atoms with Crippen molar-refractivity contribution in [2.24, 2.45) is 57.7 Å². The summed E-state index contributed by atoms with van der Waals surface area (Å²) in [6, 6.07) is 2.66. The molecule has 0 aromatic heterocycles. The van der Waals surface area contributed by atoms with Crippen LogP contribution in [-0.4, -0.2) is 118 Å². The summed E-state index contributed by atoms with van der Waals surface area (Å²) in [5.41, 5.74) is -7.49. The number of hydrogen-bond acceptors (Lipinski definition) is 14. The zero-order valence-electron chi connectivity index (χ0n) is 30.5. The molecule has 17 heteroatoms. The van der Waals surface area contributed by atoms with Crippen LogP contribution in [0.5, 0.6) is 0 Å². The smallest absolute Gasteiger partial charge is 0.341 e. The first kappa shape index (κ1) is 37.0. The lowest BCUT2D eigenvalue weighted by Gasteiger charge is -2.67. The molecule has 3 saturated heterocycles. The highest BCUT2D eigenvalue weighted by Gasteiger charge is 2.93. The molecule has 1 aromatic carbocycles. The van der Waals surface area contributed by atoms with E-state index in [1.54, 1.807) is 13.8 Å². The number of carbonyl (C=O) groups excluding carboxylic acids is 3. The van der Waals surface area contributed by atoms with Gasteiger partial charge in [-0.25, -0.2) is 22.3 Å². The molecule has 1 aromatic rings. The van der Waals surface area contributed by atoms with Crippen LogP contribution in [0.1, 0.15) is 48.0 Å². The van der Waals surface area contributed by atoms with Gasteiger partial charge >= 0.3 is 11.9 Å². The van der Waals surface area contributed by atoms with Crippen molar-refractivity contribution < 1.29 is 71.7 Å². The maximum Gasteiger partial charge on any atom is 0.341 e. The molecule has 296 valence electrons. The van der Waals surface area contributed by atoms with Crippen molar-refractivity contribution in [2.45, 2.75) is 119 Å². The SMILES string of the molecule is CC(=O)O[C@H]1[C@H]2[C@@H]([C@@H](O)[C@@H](NS(=O)(=O)c3ccc(F)cc3)C3C[C@@H]4O[C@@H]4[C@H](O)[C@@]32C)[C@@H]2[C@@H](O)[C@@H]3[C@H]([C@H](C)[C@H]4O[C@]45OC(=O)[C@@](C)(O)[C@]35C)[C@@]2(C(C)=O)[C@H]1O. The Morgan fingerprint density at radius 3 is 2.22 bits per heavy atom. The molecule has 8 aliphatic rings. The van der Waals surface area contributed by atoms with E-state index in [4.69, 9.17) is 18.9 Å². The van der Waals surface area contributed by atoms with Crippen molar-refractivity contribution in [3.05, 3.63) is 30.1 Å². The maximum atomic E-state index is 14.6. The van der Waals surface area contributed by atoms with E-state index in [2.05, 4.69) is 4.72 Å². The number of nitrogens with one attached hydrogen (secondary N) is 1. The van der Waals surface area contributed by atoms with E-state index in [1.807, 2.05) is 0 Å². The predicted molar refractivity (Wildman–Crippen MR) is 177 cm³/mol. The van der Waals surface area contributed by atoms with Gasteiger partial charge in [-0.1, -0.05) is 13.8 Å². The molecule has 3 heterocycles. The summed E-state index contributed by atoms with van der Waals surface area (Å²) in [5, 5.41) is 62.6. The van der Waals surface area contributed by atoms with Gasteiger partial charge in [0, 0.05) is 30.1 Å². The van der Waals surface area contributed by atoms with Gasteiger partial charge in [0.2, 0.25) is 15.8 Å². The van der Waals surface area contributed by atoms with Crippen LogP contribution in [-0.2, 0) is 43.4 Å². The average molecular weight is 780 g/mol. The van der Waals surface area contributed by atoms with Crippen LogP contribution in [0.2, 0.25) is 0 Å². The van der Waals surface area contributed by atoms with Gasteiger partial charge in [-0.15, -0.1) is 0 Å². The Labute approximate surface area is 310 Å². The van der Waals surface area contributed by atoms with Gasteiger partial charge in [-0.05, 0) is 75.1 Å². The monoisotopic (exact) mass is 779 g/mol. The van der Waals surface area contributed by atoms with Gasteiger partial charge < -0.3 is 44.5 Å². The van der Waals surface area contributed by atoms with Crippen LogP contribution in [0.25, 0.3) is 0 Å². The number of aliphatic hydroxyl groups excluding tert-OH is 4. The average Bonchev–Trinajstić information content (AvgIpc) is 3.99. The van der Waals surface area contributed by atoms with Gasteiger partial charge in [0.25, 0.3) is 0 Å². The number of aliphatic hydroxyl groups is 5. The standard InChI is InChI=1S/C37H46FNO14S/c1-12-20-23(34(5)35(6,47)32(46)53-37(34)31(12)52-37)26(43)21-19-22(28(50-14(3)41)30(45)36(20,21)13(2)40)33(4)17(11-18-27(51-18)29(33)44)24(25(19)42)39-54(48,49)16-9-7-15(38)8-10-16/h7-10,12,17-31,39,42-45,47H,11H2,1-6H3/t12-,17?,18-,19-,20-,21+,22+,23-,24-,25+,26+,27-,28-,29-,30-,31+,33-,34-,35+,36+,37-/m0/s1. The normalized spacial score (nSPS) is 56.1. The number of ether oxygens (including phenoxy) is 4. The van der Waals surface area contributed by atoms with Crippen LogP contribution in [0.15, 0.2) is 29.2 Å². The number of rotatable bonds is 5. The van der Waals surface area contributed by atoms with E-state index >= 15 is 0 Å². The number of halogens is 1. The molecule has 1 spiro atoms. The second-order valence-electron chi connectivity index (χ2n) is 17.8. The predicted octanol–water partition coefficient (Wildman–Crippen LogP) is -0.602. The molecule has 1 unspecified atom stereocenters. The fourth-order valence-corrected chi connectivity index (χ4v) is 15.0. The molecule has 54 heavy (non-hydrogen) atoms. The summed E-state index contributed by atoms with van der Waals surface area (Å²) >= 11 is 0. The highest BCUT2D eigenvalue weighted by atomic mass is 32.2. The van der Waals surface area contributed by atoms with Crippen LogP contribution in [0, 0.1) is 63.5 Å². The molecule has 5 aliphatic carbocycles. The highest BCUT2D eigenvalue weighted by molar-refractivity contribution is 7.89. The number of benzene rings is 1. The third-order valence-electron chi connectivity index (χ3n) is 16.0. The Morgan fingerprint density at radius 2 is 1.61 bits per heavy atom. The molecule has 6 N–H and O–H groups in total. The third kappa shape index (κ3) is 3.98. The zero-order chi connectivity index (χ0) is 39.2. The van der Waals surface area contributed by atoms with Crippen LogP contribution in [0.3, 0.4) is 0 Å². The minimum absolute atomic E-state index is 0.146. The first-order valence-corrected chi connectivity index (χ1v) is 20.0. The lowest BCUT2D eigenvalue weighted by molar-refractivity contribution is -0.278. The minimum Gasteiger partial charge on any atom is -0.459 e. The number of epoxide rings is 2. The lowest BCUT2D eigenvalue weighted by Crippen LogP contribution is -2.77. The quantitative estimate of drug-likeness (QED) is 0.162. The second kappa shape index (κ2) is 10.9. The Morgan fingerprint density at radius 1 is 0.963 bits per heavy atom. The number of hydrogen-bond donors (Lipinski definition) is 6. The Hall–Kier alpha value is -2.61. The molecular formula is C37H46FNO14S. The van der Waals surface area contributed by atoms with Gasteiger partial charge in [0.15, 0.2) is 5.60 Å². The highest BCUT2D eigenvalue weighted by Crippen LogP contribution is 2.80. The Kier molecular flexibility index (Phi) is 7.44. The van der Waals surface area contributed by atoms with E-state index in [-0.39, 0.29) is 11.3 Å². The van der Waals surface area contributed by atoms with Crippen molar-refractivity contribution in [3.63, 3.8) is 0 Å². The minimum atomic E-state index is -4.50. The van der Waals surface area contributed by atoms with Crippen molar-refractivity contribution in [1.29, 1.82) is 0 Å². The molecule has 8 fully saturated rings. The lowest BCUT2D eigenvalue weighted by atomic mass is 9.39. The van der Waals surface area contributed by atoms with Crippen molar-refractivity contribution in [1.82, 2.24) is 4.72 Å². The van der Waals surface area contributed by atoms with Crippen LogP contribution >= 0.6 is 0 Å². The first-order valence-electron chi connectivity index (χ1n) is 18.5. The molecule has 0 amide bonds. The Balaban J connectivity index is 1.27. The van der Waals surface area contributed by atoms with Crippen molar-refractivity contribution in [3.8, 4) is 0 Å².